The van der Waals surface area contributed by atoms with Gasteiger partial charge in [-0.2, -0.15) is 0 Å². The van der Waals surface area contributed by atoms with E-state index in [1.165, 1.54) is 25.1 Å². The molecule has 0 bridgehead atoms. The highest BCUT2D eigenvalue weighted by atomic mass is 35.5. The number of furan rings is 1. The number of benzene rings is 1. The Labute approximate surface area is 187 Å². The first kappa shape index (κ1) is 22.4. The number of carbonyl (C=O) groups is 2. The maximum absolute atomic E-state index is 12.4. The van der Waals surface area contributed by atoms with E-state index in [0.717, 1.165) is 0 Å². The number of hydrogen-bond acceptors (Lipinski definition) is 7. The topological polar surface area (TPSA) is 111 Å². The summed E-state index contributed by atoms with van der Waals surface area (Å²) in [7, 11) is 1.51. The fourth-order valence-electron chi connectivity index (χ4n) is 2.62. The molecule has 3 aromatic rings. The maximum atomic E-state index is 12.4. The normalized spacial score (nSPS) is 10.5. The Hall–Kier alpha value is -3.24. The molecule has 11 heteroatoms. The molecule has 162 valence electrons. The Kier molecular flexibility index (Phi) is 7.74. The highest BCUT2D eigenvalue weighted by Gasteiger charge is 2.16. The van der Waals surface area contributed by atoms with Crippen LogP contribution in [-0.4, -0.2) is 39.4 Å². The molecule has 2 aromatic heterocycles. The molecule has 3 rings (SSSR count). The summed E-state index contributed by atoms with van der Waals surface area (Å²) in [5.74, 6) is 0.710. The molecule has 2 amide bonds. The van der Waals surface area contributed by atoms with Gasteiger partial charge in [-0.1, -0.05) is 29.4 Å². The van der Waals surface area contributed by atoms with Gasteiger partial charge >= 0.3 is 0 Å². The number of amides is 2. The summed E-state index contributed by atoms with van der Waals surface area (Å²) >= 11 is 7.20. The van der Waals surface area contributed by atoms with E-state index in [1.807, 2.05) is 0 Å². The number of nitrogens with zero attached hydrogens (tertiary/aromatic N) is 3. The Morgan fingerprint density at radius 1 is 1.35 bits per heavy atom. The number of anilines is 1. The minimum atomic E-state index is -0.359. The number of aromatic nitrogens is 3. The molecule has 2 N–H and O–H groups in total. The second-order valence-electron chi connectivity index (χ2n) is 6.14. The largest absolute Gasteiger partial charge is 0.495 e. The third kappa shape index (κ3) is 5.89. The smallest absolute Gasteiger partial charge is 0.287 e. The SMILES string of the molecule is C=CCn1c(CNC(=O)c2ccco2)nnc1SCC(=O)Nc1cc(Cl)ccc1OC. The van der Waals surface area contributed by atoms with Crippen molar-refractivity contribution in [1.82, 2.24) is 20.1 Å². The van der Waals surface area contributed by atoms with Crippen molar-refractivity contribution in [3.8, 4) is 5.75 Å². The number of methoxy groups -OCH3 is 1. The molecular weight excluding hydrogens is 442 g/mol. The average Bonchev–Trinajstić information content (AvgIpc) is 3.42. The van der Waals surface area contributed by atoms with Gasteiger partial charge in [0.1, 0.15) is 5.75 Å². The number of carbonyl (C=O) groups excluding carboxylic acids is 2. The first-order valence-electron chi connectivity index (χ1n) is 9.12. The number of ether oxygens (including phenoxy) is 1. The van der Waals surface area contributed by atoms with E-state index < -0.39 is 0 Å². The van der Waals surface area contributed by atoms with Crippen LogP contribution in [0.25, 0.3) is 0 Å². The molecule has 0 aliphatic carbocycles. The first-order valence-corrected chi connectivity index (χ1v) is 10.5. The van der Waals surface area contributed by atoms with Crippen molar-refractivity contribution in [2.75, 3.05) is 18.2 Å². The van der Waals surface area contributed by atoms with Crippen LogP contribution in [0.3, 0.4) is 0 Å². The predicted molar refractivity (Wildman–Crippen MR) is 117 cm³/mol. The number of allylic oxidation sites excluding steroid dienone is 1. The summed E-state index contributed by atoms with van der Waals surface area (Å²) in [6.45, 7) is 4.31. The summed E-state index contributed by atoms with van der Waals surface area (Å²) in [6, 6.07) is 8.17. The zero-order chi connectivity index (χ0) is 22.2. The number of halogens is 1. The number of hydrogen-bond donors (Lipinski definition) is 2. The molecule has 0 fully saturated rings. The second kappa shape index (κ2) is 10.7. The van der Waals surface area contributed by atoms with Crippen LogP contribution in [-0.2, 0) is 17.9 Å². The van der Waals surface area contributed by atoms with Gasteiger partial charge in [0.25, 0.3) is 5.91 Å². The quantitative estimate of drug-likeness (QED) is 0.351. The van der Waals surface area contributed by atoms with Crippen LogP contribution in [0.4, 0.5) is 5.69 Å². The molecule has 0 unspecified atom stereocenters. The third-order valence-corrected chi connectivity index (χ3v) is 5.23. The molecule has 0 aliphatic heterocycles. The Balaban J connectivity index is 1.62. The Morgan fingerprint density at radius 3 is 2.90 bits per heavy atom. The predicted octanol–water partition coefficient (Wildman–Crippen LogP) is 3.38. The minimum Gasteiger partial charge on any atom is -0.495 e. The lowest BCUT2D eigenvalue weighted by Gasteiger charge is -2.11. The van der Waals surface area contributed by atoms with Crippen LogP contribution in [0.15, 0.2) is 58.8 Å². The minimum absolute atomic E-state index is 0.0870. The average molecular weight is 462 g/mol. The summed E-state index contributed by atoms with van der Waals surface area (Å²) in [4.78, 5) is 24.5. The van der Waals surface area contributed by atoms with Crippen molar-refractivity contribution in [2.24, 2.45) is 0 Å². The lowest BCUT2D eigenvalue weighted by molar-refractivity contribution is -0.113. The van der Waals surface area contributed by atoms with Crippen molar-refractivity contribution in [2.45, 2.75) is 18.2 Å². The standard InChI is InChI=1S/C20H20ClN5O4S/c1-3-8-26-17(11-22-19(28)16-5-4-9-30-16)24-25-20(26)31-12-18(27)23-14-10-13(21)6-7-15(14)29-2/h3-7,9-10H,1,8,11-12H2,2H3,(H,22,28)(H,23,27). The lowest BCUT2D eigenvalue weighted by atomic mass is 10.3. The van der Waals surface area contributed by atoms with Gasteiger partial charge in [-0.25, -0.2) is 0 Å². The highest BCUT2D eigenvalue weighted by molar-refractivity contribution is 7.99. The maximum Gasteiger partial charge on any atom is 0.287 e. The molecule has 0 atom stereocenters. The molecule has 9 nitrogen and oxygen atoms in total. The van der Waals surface area contributed by atoms with E-state index in [1.54, 1.807) is 41.0 Å². The molecule has 2 heterocycles. The monoisotopic (exact) mass is 461 g/mol. The fourth-order valence-corrected chi connectivity index (χ4v) is 3.56. The lowest BCUT2D eigenvalue weighted by Crippen LogP contribution is -2.24. The molecule has 0 aliphatic rings. The molecule has 31 heavy (non-hydrogen) atoms. The van der Waals surface area contributed by atoms with Crippen molar-refractivity contribution in [3.63, 3.8) is 0 Å². The van der Waals surface area contributed by atoms with E-state index in [-0.39, 0.29) is 29.9 Å². The van der Waals surface area contributed by atoms with E-state index in [4.69, 9.17) is 20.8 Å². The van der Waals surface area contributed by atoms with Gasteiger partial charge in [-0.3, -0.25) is 9.59 Å². The molecule has 1 aromatic carbocycles. The van der Waals surface area contributed by atoms with Gasteiger partial charge in [-0.15, -0.1) is 16.8 Å². The summed E-state index contributed by atoms with van der Waals surface area (Å²) in [5, 5.41) is 14.8. The van der Waals surface area contributed by atoms with Gasteiger partial charge in [0.05, 0.1) is 31.4 Å². The van der Waals surface area contributed by atoms with Crippen LogP contribution in [0.5, 0.6) is 5.75 Å². The molecule has 0 radical (unpaired) electrons. The second-order valence-corrected chi connectivity index (χ2v) is 7.52. The zero-order valence-corrected chi connectivity index (χ0v) is 18.2. The van der Waals surface area contributed by atoms with E-state index in [0.29, 0.717) is 34.0 Å². The molecule has 0 saturated carbocycles. The fraction of sp³-hybridized carbons (Fsp3) is 0.200. The van der Waals surface area contributed by atoms with Gasteiger partial charge in [0, 0.05) is 11.6 Å². The van der Waals surface area contributed by atoms with E-state index >= 15 is 0 Å². The first-order chi connectivity index (χ1) is 15.0. The van der Waals surface area contributed by atoms with Crippen molar-refractivity contribution < 1.29 is 18.7 Å². The van der Waals surface area contributed by atoms with Gasteiger partial charge in [0.2, 0.25) is 5.91 Å². The summed E-state index contributed by atoms with van der Waals surface area (Å²) in [5.41, 5.74) is 0.481. The van der Waals surface area contributed by atoms with Crippen LogP contribution < -0.4 is 15.4 Å². The van der Waals surface area contributed by atoms with Crippen molar-refractivity contribution in [3.05, 3.63) is 65.9 Å². The zero-order valence-electron chi connectivity index (χ0n) is 16.6. The van der Waals surface area contributed by atoms with Crippen LogP contribution in [0.1, 0.15) is 16.4 Å². The summed E-state index contributed by atoms with van der Waals surface area (Å²) in [6.07, 6.45) is 3.11. The number of thioether (sulfide) groups is 1. The Morgan fingerprint density at radius 2 is 2.19 bits per heavy atom. The molecule has 0 spiro atoms. The van der Waals surface area contributed by atoms with Crippen LogP contribution >= 0.6 is 23.4 Å². The number of rotatable bonds is 10. The van der Waals surface area contributed by atoms with Gasteiger partial charge < -0.3 is 24.4 Å². The Bertz CT molecular complexity index is 1070. The molecular formula is C20H20ClN5O4S. The summed E-state index contributed by atoms with van der Waals surface area (Å²) < 4.78 is 12.1. The number of nitrogens with one attached hydrogen (secondary N) is 2. The van der Waals surface area contributed by atoms with Crippen LogP contribution in [0.2, 0.25) is 5.02 Å². The van der Waals surface area contributed by atoms with Crippen molar-refractivity contribution >= 4 is 40.9 Å². The van der Waals surface area contributed by atoms with Crippen molar-refractivity contribution in [1.29, 1.82) is 0 Å². The van der Waals surface area contributed by atoms with E-state index in [2.05, 4.69) is 27.4 Å². The highest BCUT2D eigenvalue weighted by Crippen LogP contribution is 2.28. The van der Waals surface area contributed by atoms with E-state index in [9.17, 15) is 9.59 Å². The third-order valence-electron chi connectivity index (χ3n) is 4.03. The van der Waals surface area contributed by atoms with Gasteiger partial charge in [-0.05, 0) is 30.3 Å². The molecule has 0 saturated heterocycles. The van der Waals surface area contributed by atoms with Crippen LogP contribution in [0, 0.1) is 0 Å². The van der Waals surface area contributed by atoms with Gasteiger partial charge in [0.15, 0.2) is 16.7 Å².